The first-order chi connectivity index (χ1) is 9.38. The van der Waals surface area contributed by atoms with Crippen molar-refractivity contribution in [2.24, 2.45) is 0 Å². The number of thiophene rings is 1. The van der Waals surface area contributed by atoms with E-state index < -0.39 is 5.54 Å². The van der Waals surface area contributed by atoms with Crippen LogP contribution in [0.15, 0.2) is 35.7 Å². The van der Waals surface area contributed by atoms with Crippen molar-refractivity contribution < 1.29 is 4.79 Å². The van der Waals surface area contributed by atoms with Crippen molar-refractivity contribution in [3.8, 4) is 0 Å². The summed E-state index contributed by atoms with van der Waals surface area (Å²) in [5.41, 5.74) is 0.304. The van der Waals surface area contributed by atoms with Gasteiger partial charge in [-0.3, -0.25) is 4.79 Å². The van der Waals surface area contributed by atoms with Gasteiger partial charge in [-0.05, 0) is 43.0 Å². The van der Waals surface area contributed by atoms with Crippen molar-refractivity contribution in [3.63, 3.8) is 0 Å². The van der Waals surface area contributed by atoms with Gasteiger partial charge in [-0.1, -0.05) is 35.3 Å². The molecule has 2 rings (SSSR count). The second-order valence-corrected chi connectivity index (χ2v) is 6.93. The van der Waals surface area contributed by atoms with E-state index in [1.807, 2.05) is 37.4 Å². The molecule has 0 spiro atoms. The third kappa shape index (κ3) is 3.75. The number of amides is 1. The lowest BCUT2D eigenvalue weighted by Crippen LogP contribution is -2.41. The summed E-state index contributed by atoms with van der Waals surface area (Å²) in [6.07, 6.45) is 0.381. The summed E-state index contributed by atoms with van der Waals surface area (Å²) in [6.45, 7) is 3.85. The number of nitrogens with one attached hydrogen (secondary N) is 1. The van der Waals surface area contributed by atoms with Gasteiger partial charge in [-0.25, -0.2) is 0 Å². The van der Waals surface area contributed by atoms with E-state index >= 15 is 0 Å². The summed E-state index contributed by atoms with van der Waals surface area (Å²) >= 11 is 13.7. The maximum absolute atomic E-state index is 12.1. The fourth-order valence-corrected chi connectivity index (χ4v) is 3.38. The van der Waals surface area contributed by atoms with E-state index in [4.69, 9.17) is 23.2 Å². The Morgan fingerprint density at radius 3 is 2.65 bits per heavy atom. The normalized spacial score (nSPS) is 11.4. The fourth-order valence-electron chi connectivity index (χ4n) is 2.03. The minimum atomic E-state index is -0.546. The Bertz CT molecular complexity index is 608. The Balaban J connectivity index is 2.12. The molecule has 20 heavy (non-hydrogen) atoms. The van der Waals surface area contributed by atoms with Crippen LogP contribution in [0.5, 0.6) is 0 Å². The van der Waals surface area contributed by atoms with Crippen LogP contribution in [0, 0.1) is 0 Å². The Morgan fingerprint density at radius 2 is 2.05 bits per heavy atom. The summed E-state index contributed by atoms with van der Waals surface area (Å²) in [6, 6.07) is 9.19. The number of benzene rings is 1. The highest BCUT2D eigenvalue weighted by Gasteiger charge is 2.25. The van der Waals surface area contributed by atoms with Crippen LogP contribution in [0.2, 0.25) is 10.0 Å². The molecule has 0 aliphatic carbocycles. The number of carbonyl (C=O) groups is 1. The molecular weight excluding hydrogens is 313 g/mol. The van der Waals surface area contributed by atoms with E-state index in [0.717, 1.165) is 10.4 Å². The zero-order valence-corrected chi connectivity index (χ0v) is 13.6. The maximum atomic E-state index is 12.1. The van der Waals surface area contributed by atoms with Crippen molar-refractivity contribution in [1.82, 2.24) is 5.32 Å². The molecule has 0 unspecified atom stereocenters. The molecule has 0 aliphatic heterocycles. The topological polar surface area (TPSA) is 29.1 Å². The first kappa shape index (κ1) is 15.4. The molecule has 0 fully saturated rings. The number of halogens is 2. The molecule has 0 aliphatic rings. The standard InChI is InChI=1S/C15H15Cl2NOS/c1-15(2,12-6-5-10(16)8-13(12)17)18-14(19)9-11-4-3-7-20-11/h3-8H,9H2,1-2H3,(H,18,19). The van der Waals surface area contributed by atoms with Gasteiger partial charge in [-0.2, -0.15) is 0 Å². The van der Waals surface area contributed by atoms with E-state index in [0.29, 0.717) is 16.5 Å². The summed E-state index contributed by atoms with van der Waals surface area (Å²) in [5.74, 6) is -0.0246. The molecule has 1 amide bonds. The SMILES string of the molecule is CC(C)(NC(=O)Cc1cccs1)c1ccc(Cl)cc1Cl. The molecule has 1 N–H and O–H groups in total. The molecule has 1 heterocycles. The monoisotopic (exact) mass is 327 g/mol. The van der Waals surface area contributed by atoms with Gasteiger partial charge in [0.05, 0.1) is 12.0 Å². The quantitative estimate of drug-likeness (QED) is 0.870. The number of carbonyl (C=O) groups excluding carboxylic acids is 1. The Kier molecular flexibility index (Phi) is 4.74. The Labute approximate surface area is 132 Å². The smallest absolute Gasteiger partial charge is 0.225 e. The maximum Gasteiger partial charge on any atom is 0.225 e. The summed E-state index contributed by atoms with van der Waals surface area (Å²) in [5, 5.41) is 6.11. The van der Waals surface area contributed by atoms with Gasteiger partial charge in [0.25, 0.3) is 0 Å². The van der Waals surface area contributed by atoms with Gasteiger partial charge in [0.2, 0.25) is 5.91 Å². The van der Waals surface area contributed by atoms with Gasteiger partial charge in [-0.15, -0.1) is 11.3 Å². The first-order valence-corrected chi connectivity index (χ1v) is 7.81. The van der Waals surface area contributed by atoms with Gasteiger partial charge in [0.15, 0.2) is 0 Å². The minimum Gasteiger partial charge on any atom is -0.347 e. The molecule has 0 saturated carbocycles. The lowest BCUT2D eigenvalue weighted by molar-refractivity contribution is -0.122. The second kappa shape index (κ2) is 6.17. The zero-order chi connectivity index (χ0) is 14.8. The van der Waals surface area contributed by atoms with E-state index in [9.17, 15) is 4.79 Å². The van der Waals surface area contributed by atoms with Crippen molar-refractivity contribution in [3.05, 3.63) is 56.2 Å². The van der Waals surface area contributed by atoms with Gasteiger partial charge in [0.1, 0.15) is 0 Å². The zero-order valence-electron chi connectivity index (χ0n) is 11.2. The van der Waals surface area contributed by atoms with Crippen LogP contribution < -0.4 is 5.32 Å². The molecule has 1 aromatic carbocycles. The van der Waals surface area contributed by atoms with Gasteiger partial charge in [0, 0.05) is 14.9 Å². The third-order valence-electron chi connectivity index (χ3n) is 2.97. The summed E-state index contributed by atoms with van der Waals surface area (Å²) in [7, 11) is 0. The van der Waals surface area contributed by atoms with Crippen molar-refractivity contribution >= 4 is 40.4 Å². The average Bonchev–Trinajstić information content (AvgIpc) is 2.79. The largest absolute Gasteiger partial charge is 0.347 e. The lowest BCUT2D eigenvalue weighted by atomic mass is 9.94. The van der Waals surface area contributed by atoms with E-state index in [1.54, 1.807) is 23.5 Å². The molecule has 0 bridgehead atoms. The molecule has 1 aromatic heterocycles. The molecule has 0 atom stereocenters. The van der Waals surface area contributed by atoms with Crippen LogP contribution >= 0.6 is 34.5 Å². The number of hydrogen-bond acceptors (Lipinski definition) is 2. The lowest BCUT2D eigenvalue weighted by Gasteiger charge is -2.28. The van der Waals surface area contributed by atoms with E-state index in [1.165, 1.54) is 0 Å². The van der Waals surface area contributed by atoms with Crippen LogP contribution in [0.1, 0.15) is 24.3 Å². The average molecular weight is 328 g/mol. The van der Waals surface area contributed by atoms with Crippen molar-refractivity contribution in [2.75, 3.05) is 0 Å². The molecule has 106 valence electrons. The van der Waals surface area contributed by atoms with E-state index in [2.05, 4.69) is 5.32 Å². The molecule has 2 aromatic rings. The highest BCUT2D eigenvalue weighted by molar-refractivity contribution is 7.10. The number of hydrogen-bond donors (Lipinski definition) is 1. The predicted octanol–water partition coefficient (Wildman–Crippen LogP) is 4.65. The fraction of sp³-hybridized carbons (Fsp3) is 0.267. The van der Waals surface area contributed by atoms with Crippen LogP contribution in [-0.4, -0.2) is 5.91 Å². The number of rotatable bonds is 4. The van der Waals surface area contributed by atoms with Crippen molar-refractivity contribution in [2.45, 2.75) is 25.8 Å². The highest BCUT2D eigenvalue weighted by Crippen LogP contribution is 2.30. The first-order valence-electron chi connectivity index (χ1n) is 6.17. The molecular formula is C15H15Cl2NOS. The van der Waals surface area contributed by atoms with E-state index in [-0.39, 0.29) is 5.91 Å². The summed E-state index contributed by atoms with van der Waals surface area (Å²) in [4.78, 5) is 13.1. The minimum absolute atomic E-state index is 0.0246. The molecule has 2 nitrogen and oxygen atoms in total. The summed E-state index contributed by atoms with van der Waals surface area (Å²) < 4.78 is 0. The van der Waals surface area contributed by atoms with Crippen LogP contribution in [0.25, 0.3) is 0 Å². The predicted molar refractivity (Wildman–Crippen MR) is 85.7 cm³/mol. The molecule has 5 heteroatoms. The highest BCUT2D eigenvalue weighted by atomic mass is 35.5. The third-order valence-corrected chi connectivity index (χ3v) is 4.40. The van der Waals surface area contributed by atoms with Crippen LogP contribution in [-0.2, 0) is 16.8 Å². The molecule has 0 radical (unpaired) electrons. The second-order valence-electron chi connectivity index (χ2n) is 5.05. The van der Waals surface area contributed by atoms with Crippen LogP contribution in [0.3, 0.4) is 0 Å². The molecule has 0 saturated heterocycles. The Morgan fingerprint density at radius 1 is 1.30 bits per heavy atom. The van der Waals surface area contributed by atoms with Crippen molar-refractivity contribution in [1.29, 1.82) is 0 Å². The van der Waals surface area contributed by atoms with Gasteiger partial charge >= 0.3 is 0 Å². The van der Waals surface area contributed by atoms with Crippen LogP contribution in [0.4, 0.5) is 0 Å². The van der Waals surface area contributed by atoms with Gasteiger partial charge < -0.3 is 5.32 Å². The Hall–Kier alpha value is -1.03.